The van der Waals surface area contributed by atoms with Crippen molar-refractivity contribution in [1.29, 1.82) is 0 Å². The number of ether oxygens (including phenoxy) is 1. The predicted octanol–water partition coefficient (Wildman–Crippen LogP) is 6.55. The molecule has 156 valence electrons. The van der Waals surface area contributed by atoms with E-state index in [9.17, 15) is 4.39 Å². The van der Waals surface area contributed by atoms with E-state index >= 15 is 0 Å². The summed E-state index contributed by atoms with van der Waals surface area (Å²) in [6.07, 6.45) is 0.905. The van der Waals surface area contributed by atoms with Crippen molar-refractivity contribution in [3.8, 4) is 5.75 Å². The number of benzene rings is 3. The maximum atomic E-state index is 13.7. The van der Waals surface area contributed by atoms with Gasteiger partial charge in [-0.3, -0.25) is 9.90 Å². The van der Waals surface area contributed by atoms with Crippen molar-refractivity contribution in [2.45, 2.75) is 26.9 Å². The molecule has 0 heterocycles. The minimum absolute atomic E-state index is 0.222. The number of nitrogens with zero attached hydrogens (tertiary/aromatic N) is 1. The smallest absolute Gasteiger partial charge is 0.126 e. The molecule has 3 nitrogen and oxygen atoms in total. The molecule has 0 aromatic heterocycles. The zero-order valence-corrected chi connectivity index (χ0v) is 17.8. The molecule has 3 rings (SSSR count). The maximum Gasteiger partial charge on any atom is 0.126 e. The third-order valence-corrected chi connectivity index (χ3v) is 4.88. The number of hydrogen-bond acceptors (Lipinski definition) is 3. The zero-order chi connectivity index (χ0) is 21.5. The van der Waals surface area contributed by atoms with E-state index in [-0.39, 0.29) is 5.82 Å². The van der Waals surface area contributed by atoms with Crippen LogP contribution in [0.1, 0.15) is 35.6 Å². The molecule has 3 aromatic carbocycles. The summed E-state index contributed by atoms with van der Waals surface area (Å²) in [4.78, 5) is 5.84. The first-order valence-corrected chi connectivity index (χ1v) is 10.1. The molecule has 0 spiro atoms. The van der Waals surface area contributed by atoms with Crippen LogP contribution in [0.15, 0.2) is 73.3 Å². The molecule has 3 aromatic rings. The summed E-state index contributed by atoms with van der Waals surface area (Å²) < 4.78 is 19.7. The molecule has 0 amide bonds. The van der Waals surface area contributed by atoms with Crippen LogP contribution in [0.5, 0.6) is 5.75 Å². The highest BCUT2D eigenvalue weighted by Gasteiger charge is 2.15. The van der Waals surface area contributed by atoms with Gasteiger partial charge < -0.3 is 4.74 Å². The molecule has 0 unspecified atom stereocenters. The summed E-state index contributed by atoms with van der Waals surface area (Å²) in [5.74, 6) is 0.521. The number of hydroxylamine groups is 1. The number of hydrogen-bond donors (Lipinski definition) is 0. The van der Waals surface area contributed by atoms with Crippen molar-refractivity contribution in [1.82, 2.24) is 0 Å². The van der Waals surface area contributed by atoms with Crippen molar-refractivity contribution in [2.24, 2.45) is 0 Å². The standard InChI is InChI=1S/C26H28FNO2/c1-5-15-30-28(4)26-17-23(29-18-21-9-7-6-8-10-21)12-13-24(26)20(3)22-11-14-25(27)19(2)16-22/h6-14,16-17H,3,5,15,18H2,1-2,4H3. The number of rotatable bonds is 9. The topological polar surface area (TPSA) is 21.7 Å². The summed E-state index contributed by atoms with van der Waals surface area (Å²) in [5, 5.41) is 1.75. The Labute approximate surface area is 178 Å². The molecule has 0 N–H and O–H groups in total. The van der Waals surface area contributed by atoms with E-state index in [1.165, 1.54) is 6.07 Å². The molecule has 30 heavy (non-hydrogen) atoms. The van der Waals surface area contributed by atoms with E-state index < -0.39 is 0 Å². The van der Waals surface area contributed by atoms with Gasteiger partial charge in [-0.2, -0.15) is 0 Å². The van der Waals surface area contributed by atoms with Gasteiger partial charge in [-0.25, -0.2) is 4.39 Å². The van der Waals surface area contributed by atoms with Gasteiger partial charge in [-0.05, 0) is 59.9 Å². The molecule has 0 aliphatic carbocycles. The molecule has 0 atom stereocenters. The van der Waals surface area contributed by atoms with Crippen LogP contribution < -0.4 is 9.80 Å². The molecular weight excluding hydrogens is 377 g/mol. The first-order chi connectivity index (χ1) is 14.5. The molecule has 0 aliphatic rings. The first kappa shape index (κ1) is 21.6. The van der Waals surface area contributed by atoms with Crippen LogP contribution in [0.4, 0.5) is 10.1 Å². The van der Waals surface area contributed by atoms with Gasteiger partial charge in [-0.15, -0.1) is 0 Å². The van der Waals surface area contributed by atoms with Crippen LogP contribution in [0.2, 0.25) is 0 Å². The first-order valence-electron chi connectivity index (χ1n) is 10.1. The van der Waals surface area contributed by atoms with E-state index in [2.05, 4.69) is 13.5 Å². The second kappa shape index (κ2) is 10.1. The van der Waals surface area contributed by atoms with Gasteiger partial charge in [0.1, 0.15) is 18.2 Å². The van der Waals surface area contributed by atoms with E-state index in [0.29, 0.717) is 18.8 Å². The van der Waals surface area contributed by atoms with E-state index in [1.54, 1.807) is 18.1 Å². The largest absolute Gasteiger partial charge is 0.489 e. The molecule has 0 saturated carbocycles. The van der Waals surface area contributed by atoms with Gasteiger partial charge in [0, 0.05) is 18.7 Å². The van der Waals surface area contributed by atoms with Crippen LogP contribution >= 0.6 is 0 Å². The monoisotopic (exact) mass is 405 g/mol. The fraction of sp³-hybridized carbons (Fsp3) is 0.231. The lowest BCUT2D eigenvalue weighted by molar-refractivity contribution is 0.122. The van der Waals surface area contributed by atoms with Crippen LogP contribution in [0.25, 0.3) is 5.57 Å². The number of aryl methyl sites for hydroxylation is 1. The Morgan fingerprint density at radius 1 is 1.03 bits per heavy atom. The van der Waals surface area contributed by atoms with Gasteiger partial charge in [0.05, 0.1) is 12.3 Å². The Morgan fingerprint density at radius 3 is 2.50 bits per heavy atom. The van der Waals surface area contributed by atoms with Gasteiger partial charge in [0.15, 0.2) is 0 Å². The lowest BCUT2D eigenvalue weighted by Gasteiger charge is -2.23. The zero-order valence-electron chi connectivity index (χ0n) is 17.8. The summed E-state index contributed by atoms with van der Waals surface area (Å²) in [5.41, 5.74) is 5.12. The predicted molar refractivity (Wildman–Crippen MR) is 121 cm³/mol. The third-order valence-electron chi connectivity index (χ3n) is 4.88. The van der Waals surface area contributed by atoms with Crippen LogP contribution in [-0.4, -0.2) is 13.7 Å². The van der Waals surface area contributed by atoms with Gasteiger partial charge in [-0.1, -0.05) is 49.9 Å². The Balaban J connectivity index is 1.90. The molecule has 0 bridgehead atoms. The number of anilines is 1. The molecule has 0 saturated heterocycles. The van der Waals surface area contributed by atoms with E-state index in [1.807, 2.05) is 61.6 Å². The van der Waals surface area contributed by atoms with Crippen molar-refractivity contribution >= 4 is 11.3 Å². The van der Waals surface area contributed by atoms with Crippen LogP contribution in [0.3, 0.4) is 0 Å². The van der Waals surface area contributed by atoms with Gasteiger partial charge >= 0.3 is 0 Å². The summed E-state index contributed by atoms with van der Waals surface area (Å²) in [6, 6.07) is 20.9. The highest BCUT2D eigenvalue weighted by molar-refractivity contribution is 5.85. The number of halogens is 1. The maximum absolute atomic E-state index is 13.7. The highest BCUT2D eigenvalue weighted by Crippen LogP contribution is 2.34. The van der Waals surface area contributed by atoms with E-state index in [0.717, 1.165) is 40.1 Å². The van der Waals surface area contributed by atoms with E-state index in [4.69, 9.17) is 9.57 Å². The van der Waals surface area contributed by atoms with Gasteiger partial charge in [0.25, 0.3) is 0 Å². The highest BCUT2D eigenvalue weighted by atomic mass is 19.1. The van der Waals surface area contributed by atoms with Crippen LogP contribution in [-0.2, 0) is 11.4 Å². The molecular formula is C26H28FNO2. The lowest BCUT2D eigenvalue weighted by atomic mass is 9.96. The van der Waals surface area contributed by atoms with Crippen molar-refractivity contribution in [3.63, 3.8) is 0 Å². The summed E-state index contributed by atoms with van der Waals surface area (Å²) in [7, 11) is 1.87. The second-order valence-electron chi connectivity index (χ2n) is 7.23. The van der Waals surface area contributed by atoms with Crippen molar-refractivity contribution in [3.05, 3.63) is 101 Å². The quantitative estimate of drug-likeness (QED) is 0.377. The average molecular weight is 406 g/mol. The second-order valence-corrected chi connectivity index (χ2v) is 7.23. The summed E-state index contributed by atoms with van der Waals surface area (Å²) >= 11 is 0. The van der Waals surface area contributed by atoms with Crippen LogP contribution in [0, 0.1) is 12.7 Å². The fourth-order valence-electron chi connectivity index (χ4n) is 3.14. The minimum atomic E-state index is -0.222. The molecule has 0 fully saturated rings. The summed E-state index contributed by atoms with van der Waals surface area (Å²) in [6.45, 7) is 9.17. The van der Waals surface area contributed by atoms with Crippen molar-refractivity contribution < 1.29 is 14.0 Å². The van der Waals surface area contributed by atoms with Crippen molar-refractivity contribution in [2.75, 3.05) is 18.7 Å². The third kappa shape index (κ3) is 5.28. The Bertz CT molecular complexity index is 1000. The lowest BCUT2D eigenvalue weighted by Crippen LogP contribution is -2.19. The molecule has 0 radical (unpaired) electrons. The normalized spacial score (nSPS) is 10.7. The molecule has 0 aliphatic heterocycles. The minimum Gasteiger partial charge on any atom is -0.489 e. The molecule has 4 heteroatoms. The average Bonchev–Trinajstić information content (AvgIpc) is 2.78. The Morgan fingerprint density at radius 2 is 1.80 bits per heavy atom. The SMILES string of the molecule is C=C(c1ccc(F)c(C)c1)c1ccc(OCc2ccccc2)cc1N(C)OCCC. The van der Waals surface area contributed by atoms with Gasteiger partial charge in [0.2, 0.25) is 0 Å². The Kier molecular flexibility index (Phi) is 7.26. The fourth-order valence-corrected chi connectivity index (χ4v) is 3.14. The Hall–Kier alpha value is -3.11.